The van der Waals surface area contributed by atoms with E-state index in [0.717, 1.165) is 23.8 Å². The van der Waals surface area contributed by atoms with E-state index in [9.17, 15) is 27.2 Å². The standard InChI is InChI=1S/C32H29F4N3O2/c1-2-16-38(31(41)26-12-7-14-28(33)19-26)23-30(40)39(20-24-9-4-3-5-10-24)22-29-15-8-17-37(29)21-25-11-6-13-27(18-25)32(34,35)36/h2-15,17-19H,1,16,20-23H2. The fourth-order valence-electron chi connectivity index (χ4n) is 4.46. The number of halogens is 4. The van der Waals surface area contributed by atoms with Gasteiger partial charge in [0, 0.05) is 37.1 Å². The average Bonchev–Trinajstić information content (AvgIpc) is 3.38. The van der Waals surface area contributed by atoms with Gasteiger partial charge in [0.1, 0.15) is 12.4 Å². The summed E-state index contributed by atoms with van der Waals surface area (Å²) >= 11 is 0. The predicted molar refractivity (Wildman–Crippen MR) is 148 cm³/mol. The first-order valence-corrected chi connectivity index (χ1v) is 12.9. The molecule has 2 amide bonds. The lowest BCUT2D eigenvalue weighted by atomic mass is 10.1. The highest BCUT2D eigenvalue weighted by molar-refractivity contribution is 5.96. The Kier molecular flexibility index (Phi) is 9.39. The third kappa shape index (κ3) is 7.94. The number of carbonyl (C=O) groups excluding carboxylic acids is 2. The molecule has 0 aliphatic rings. The summed E-state index contributed by atoms with van der Waals surface area (Å²) in [6, 6.07) is 23.3. The number of amides is 2. The predicted octanol–water partition coefficient (Wildman–Crippen LogP) is 6.55. The first-order valence-electron chi connectivity index (χ1n) is 12.9. The SMILES string of the molecule is C=CCN(CC(=O)N(Cc1ccccc1)Cc1cccn1Cc1cccc(C(F)(F)F)c1)C(=O)c1cccc(F)c1. The van der Waals surface area contributed by atoms with E-state index in [2.05, 4.69) is 6.58 Å². The fraction of sp³-hybridized carbons (Fsp3) is 0.188. The minimum absolute atomic E-state index is 0.0756. The van der Waals surface area contributed by atoms with Crippen molar-refractivity contribution in [1.82, 2.24) is 14.4 Å². The zero-order valence-corrected chi connectivity index (χ0v) is 22.2. The van der Waals surface area contributed by atoms with Crippen LogP contribution in [0.25, 0.3) is 0 Å². The molecule has 0 saturated heterocycles. The summed E-state index contributed by atoms with van der Waals surface area (Å²) < 4.78 is 55.3. The Morgan fingerprint density at radius 2 is 1.56 bits per heavy atom. The molecule has 0 atom stereocenters. The zero-order valence-electron chi connectivity index (χ0n) is 22.2. The maximum Gasteiger partial charge on any atom is 0.416 e. The Hall–Kier alpha value is -4.66. The first kappa shape index (κ1) is 29.3. The summed E-state index contributed by atoms with van der Waals surface area (Å²) in [7, 11) is 0. The molecule has 4 aromatic rings. The Bertz CT molecular complexity index is 1500. The molecule has 212 valence electrons. The molecule has 1 aromatic heterocycles. The van der Waals surface area contributed by atoms with Gasteiger partial charge in [0.2, 0.25) is 5.91 Å². The molecule has 5 nitrogen and oxygen atoms in total. The topological polar surface area (TPSA) is 45.6 Å². The monoisotopic (exact) mass is 563 g/mol. The number of aromatic nitrogens is 1. The van der Waals surface area contributed by atoms with Crippen molar-refractivity contribution in [2.45, 2.75) is 25.8 Å². The van der Waals surface area contributed by atoms with Crippen molar-refractivity contribution in [3.05, 3.63) is 144 Å². The van der Waals surface area contributed by atoms with Crippen molar-refractivity contribution < 1.29 is 27.2 Å². The minimum Gasteiger partial charge on any atom is -0.345 e. The van der Waals surface area contributed by atoms with Gasteiger partial charge in [-0.05, 0) is 53.6 Å². The van der Waals surface area contributed by atoms with E-state index in [1.807, 2.05) is 30.3 Å². The highest BCUT2D eigenvalue weighted by Gasteiger charge is 2.30. The van der Waals surface area contributed by atoms with Gasteiger partial charge in [-0.15, -0.1) is 6.58 Å². The molecule has 1 heterocycles. The molecule has 0 saturated carbocycles. The third-order valence-electron chi connectivity index (χ3n) is 6.49. The molecule has 0 fully saturated rings. The van der Waals surface area contributed by atoms with Gasteiger partial charge in [-0.3, -0.25) is 9.59 Å². The van der Waals surface area contributed by atoms with Gasteiger partial charge in [-0.25, -0.2) is 4.39 Å². The molecule has 0 spiro atoms. The van der Waals surface area contributed by atoms with E-state index in [4.69, 9.17) is 0 Å². The van der Waals surface area contributed by atoms with E-state index < -0.39 is 23.5 Å². The largest absolute Gasteiger partial charge is 0.416 e. The average molecular weight is 564 g/mol. The van der Waals surface area contributed by atoms with Gasteiger partial charge in [0.25, 0.3) is 5.91 Å². The van der Waals surface area contributed by atoms with Crippen LogP contribution < -0.4 is 0 Å². The van der Waals surface area contributed by atoms with Crippen LogP contribution in [-0.2, 0) is 30.6 Å². The lowest BCUT2D eigenvalue weighted by molar-refractivity contribution is -0.137. The Morgan fingerprint density at radius 3 is 2.27 bits per heavy atom. The summed E-state index contributed by atoms with van der Waals surface area (Å²) in [4.78, 5) is 29.7. The molecule has 0 bridgehead atoms. The zero-order chi connectivity index (χ0) is 29.4. The second kappa shape index (κ2) is 13.1. The summed E-state index contributed by atoms with van der Waals surface area (Å²) in [5.41, 5.74) is 1.43. The lowest BCUT2D eigenvalue weighted by Crippen LogP contribution is -2.42. The Morgan fingerprint density at radius 1 is 0.829 bits per heavy atom. The molecule has 4 rings (SSSR count). The van der Waals surface area contributed by atoms with Crippen LogP contribution in [0.5, 0.6) is 0 Å². The van der Waals surface area contributed by atoms with Crippen LogP contribution in [0.3, 0.4) is 0 Å². The molecule has 0 unspecified atom stereocenters. The molecular formula is C32H29F4N3O2. The van der Waals surface area contributed by atoms with Gasteiger partial charge < -0.3 is 14.4 Å². The van der Waals surface area contributed by atoms with E-state index >= 15 is 0 Å². The summed E-state index contributed by atoms with van der Waals surface area (Å²) in [5, 5.41) is 0. The molecule has 3 aromatic carbocycles. The van der Waals surface area contributed by atoms with Gasteiger partial charge in [0.15, 0.2) is 0 Å². The second-order valence-corrected chi connectivity index (χ2v) is 9.55. The summed E-state index contributed by atoms with van der Waals surface area (Å²) in [6.45, 7) is 4.05. The van der Waals surface area contributed by atoms with Crippen LogP contribution in [0, 0.1) is 5.82 Å². The number of alkyl halides is 3. The number of nitrogens with zero attached hydrogens (tertiary/aromatic N) is 3. The molecule has 0 N–H and O–H groups in total. The van der Waals surface area contributed by atoms with Crippen molar-refractivity contribution in [2.75, 3.05) is 13.1 Å². The van der Waals surface area contributed by atoms with Gasteiger partial charge >= 0.3 is 6.18 Å². The highest BCUT2D eigenvalue weighted by Crippen LogP contribution is 2.30. The van der Waals surface area contributed by atoms with E-state index in [0.29, 0.717) is 11.3 Å². The highest BCUT2D eigenvalue weighted by atomic mass is 19.4. The Labute approximate surface area is 235 Å². The van der Waals surface area contributed by atoms with Crippen LogP contribution >= 0.6 is 0 Å². The van der Waals surface area contributed by atoms with Crippen molar-refractivity contribution in [1.29, 1.82) is 0 Å². The summed E-state index contributed by atoms with van der Waals surface area (Å²) in [6.07, 6.45) is -1.21. The van der Waals surface area contributed by atoms with E-state index in [1.54, 1.807) is 33.9 Å². The minimum atomic E-state index is -4.45. The van der Waals surface area contributed by atoms with Crippen LogP contribution in [0.1, 0.15) is 32.7 Å². The molecule has 0 radical (unpaired) electrons. The van der Waals surface area contributed by atoms with Crippen LogP contribution in [0.4, 0.5) is 17.6 Å². The normalized spacial score (nSPS) is 11.2. The van der Waals surface area contributed by atoms with Crippen LogP contribution in [-0.4, -0.2) is 39.3 Å². The lowest BCUT2D eigenvalue weighted by Gasteiger charge is -2.28. The quantitative estimate of drug-likeness (QED) is 0.153. The van der Waals surface area contributed by atoms with Gasteiger partial charge in [-0.2, -0.15) is 13.2 Å². The van der Waals surface area contributed by atoms with Crippen molar-refractivity contribution >= 4 is 11.8 Å². The summed E-state index contributed by atoms with van der Waals surface area (Å²) in [5.74, 6) is -1.43. The second-order valence-electron chi connectivity index (χ2n) is 9.55. The Balaban J connectivity index is 1.57. The molecule has 41 heavy (non-hydrogen) atoms. The number of carbonyl (C=O) groups is 2. The van der Waals surface area contributed by atoms with E-state index in [1.165, 1.54) is 35.2 Å². The van der Waals surface area contributed by atoms with Crippen LogP contribution in [0.2, 0.25) is 0 Å². The van der Waals surface area contributed by atoms with Crippen molar-refractivity contribution in [3.8, 4) is 0 Å². The number of benzene rings is 3. The van der Waals surface area contributed by atoms with Crippen molar-refractivity contribution in [2.24, 2.45) is 0 Å². The number of rotatable bonds is 11. The molecule has 0 aliphatic heterocycles. The molecule has 0 aliphatic carbocycles. The maximum absolute atomic E-state index is 13.8. The molecule has 9 heteroatoms. The van der Waals surface area contributed by atoms with Gasteiger partial charge in [-0.1, -0.05) is 54.6 Å². The fourth-order valence-corrected chi connectivity index (χ4v) is 4.46. The number of hydrogen-bond donors (Lipinski definition) is 0. The van der Waals surface area contributed by atoms with Crippen LogP contribution in [0.15, 0.2) is 110 Å². The van der Waals surface area contributed by atoms with E-state index in [-0.39, 0.29) is 44.2 Å². The third-order valence-corrected chi connectivity index (χ3v) is 6.49. The van der Waals surface area contributed by atoms with Gasteiger partial charge in [0.05, 0.1) is 12.1 Å². The first-order chi connectivity index (χ1) is 19.6. The molecular weight excluding hydrogens is 534 g/mol. The smallest absolute Gasteiger partial charge is 0.345 e. The maximum atomic E-state index is 13.8. The number of hydrogen-bond acceptors (Lipinski definition) is 2. The van der Waals surface area contributed by atoms with Crippen molar-refractivity contribution in [3.63, 3.8) is 0 Å².